The molecule has 0 aromatic carbocycles. The van der Waals surface area contributed by atoms with Gasteiger partial charge in [0, 0.05) is 1.43 Å². The molecule has 0 atom stereocenters. The summed E-state index contributed by atoms with van der Waals surface area (Å²) in [5.41, 5.74) is 0. The van der Waals surface area contributed by atoms with Crippen LogP contribution in [0.3, 0.4) is 0 Å². The standard InChI is InChI=1S/C3H9N.Al.H2.3H/c1-4(2)3;;;;;/h1-3H3;;1H;;;. The topological polar surface area (TPSA) is 3.24 Å². The molecule has 0 aliphatic rings. The van der Waals surface area contributed by atoms with E-state index in [-0.39, 0.29) is 18.8 Å². The van der Waals surface area contributed by atoms with E-state index in [0.717, 1.165) is 0 Å². The molecule has 0 heterocycles. The van der Waals surface area contributed by atoms with Gasteiger partial charge >= 0.3 is 0 Å². The Bertz CT molecular complexity index is 15.5. The monoisotopic (exact) mass is 91.1 g/mol. The summed E-state index contributed by atoms with van der Waals surface area (Å²) >= 11 is 0. The maximum Gasteiger partial charge on any atom is 0.187 e. The first-order valence-corrected chi connectivity index (χ1v) is 1.34. The van der Waals surface area contributed by atoms with Crippen LogP contribution in [-0.2, 0) is 0 Å². The first-order chi connectivity index (χ1) is 1.73. The third-order valence-corrected chi connectivity index (χ3v) is 0. The fourth-order valence-electron chi connectivity index (χ4n) is 0. The molecule has 5 heavy (non-hydrogen) atoms. The van der Waals surface area contributed by atoms with Gasteiger partial charge in [-0.3, -0.25) is 0 Å². The van der Waals surface area contributed by atoms with Gasteiger partial charge in [-0.2, -0.15) is 0 Å². The molecule has 0 saturated carbocycles. The molecule has 0 bridgehead atoms. The molecule has 1 nitrogen and oxygen atoms in total. The van der Waals surface area contributed by atoms with E-state index in [0.29, 0.717) is 0 Å². The minimum absolute atomic E-state index is 0. The number of rotatable bonds is 0. The van der Waals surface area contributed by atoms with Gasteiger partial charge in [-0.25, -0.2) is 0 Å². The molecule has 0 N–H and O–H groups in total. The molecule has 0 unspecified atom stereocenters. The van der Waals surface area contributed by atoms with Gasteiger partial charge in [0.15, 0.2) is 17.4 Å². The van der Waals surface area contributed by atoms with E-state index >= 15 is 0 Å². The predicted molar refractivity (Wildman–Crippen MR) is 31.7 cm³/mol. The van der Waals surface area contributed by atoms with E-state index in [1.54, 1.807) is 0 Å². The molecule has 0 fully saturated rings. The van der Waals surface area contributed by atoms with Crippen molar-refractivity contribution in [2.24, 2.45) is 0 Å². The van der Waals surface area contributed by atoms with Crippen LogP contribution in [0, 0.1) is 0 Å². The smallest absolute Gasteiger partial charge is 0.187 e. The van der Waals surface area contributed by atoms with Crippen LogP contribution in [0.1, 0.15) is 1.43 Å². The van der Waals surface area contributed by atoms with Crippen LogP contribution in [0.2, 0.25) is 0 Å². The van der Waals surface area contributed by atoms with Gasteiger partial charge in [-0.1, -0.05) is 0 Å². The fraction of sp³-hybridized carbons (Fsp3) is 1.00. The van der Waals surface area contributed by atoms with Crippen LogP contribution in [0.25, 0.3) is 0 Å². The Morgan fingerprint density at radius 3 is 1.20 bits per heavy atom. The summed E-state index contributed by atoms with van der Waals surface area (Å²) in [6, 6.07) is 0. The molecule has 0 radical (unpaired) electrons. The summed E-state index contributed by atoms with van der Waals surface area (Å²) in [5, 5.41) is 0. The third-order valence-electron chi connectivity index (χ3n) is 0. The third kappa shape index (κ3) is 115. The molecular formula is C3H14AlN. The molecule has 0 rings (SSSR count). The zero-order valence-electron chi connectivity index (χ0n) is 3.45. The fourth-order valence-corrected chi connectivity index (χ4v) is 0. The van der Waals surface area contributed by atoms with Crippen molar-refractivity contribution in [3.05, 3.63) is 0 Å². The van der Waals surface area contributed by atoms with Crippen molar-refractivity contribution in [1.82, 2.24) is 4.90 Å². The van der Waals surface area contributed by atoms with Gasteiger partial charge in [0.25, 0.3) is 0 Å². The summed E-state index contributed by atoms with van der Waals surface area (Å²) in [6.45, 7) is 0. The van der Waals surface area contributed by atoms with Gasteiger partial charge in [-0.15, -0.1) is 0 Å². The van der Waals surface area contributed by atoms with E-state index < -0.39 is 0 Å². The molecule has 0 amide bonds. The Kier molecular flexibility index (Phi) is 8.17. The van der Waals surface area contributed by atoms with Crippen molar-refractivity contribution in [2.45, 2.75) is 0 Å². The van der Waals surface area contributed by atoms with Gasteiger partial charge in [0.2, 0.25) is 0 Å². The molecule has 0 aromatic rings. The maximum atomic E-state index is 2.00. The van der Waals surface area contributed by atoms with Crippen LogP contribution in [0.5, 0.6) is 0 Å². The summed E-state index contributed by atoms with van der Waals surface area (Å²) in [7, 11) is 6.00. The molecule has 2 heteroatoms. The van der Waals surface area contributed by atoms with Crippen molar-refractivity contribution in [3.8, 4) is 0 Å². The van der Waals surface area contributed by atoms with Crippen molar-refractivity contribution < 1.29 is 1.43 Å². The van der Waals surface area contributed by atoms with Crippen molar-refractivity contribution >= 4 is 17.4 Å². The molecule has 0 aromatic heterocycles. The zero-order valence-corrected chi connectivity index (χ0v) is 3.45. The van der Waals surface area contributed by atoms with E-state index in [2.05, 4.69) is 0 Å². The normalized spacial score (nSPS) is 7.20. The second kappa shape index (κ2) is 4.49. The van der Waals surface area contributed by atoms with Crippen molar-refractivity contribution in [1.29, 1.82) is 0 Å². The van der Waals surface area contributed by atoms with Gasteiger partial charge < -0.3 is 4.90 Å². The first-order valence-electron chi connectivity index (χ1n) is 1.34. The SMILES string of the molecule is CN(C)C.[AlH3].[HH]. The lowest BCUT2D eigenvalue weighted by atomic mass is 11.0. The number of hydrogen-bond donors (Lipinski definition) is 0. The minimum Gasteiger partial charge on any atom is -0.312 e. The zero-order chi connectivity index (χ0) is 3.58. The highest BCUT2D eigenvalue weighted by Crippen LogP contribution is 1.47. The Hall–Kier alpha value is 0.492. The Labute approximate surface area is 45.6 Å². The summed E-state index contributed by atoms with van der Waals surface area (Å²) < 4.78 is 0. The molecule has 34 valence electrons. The van der Waals surface area contributed by atoms with Gasteiger partial charge in [-0.05, 0) is 21.1 Å². The van der Waals surface area contributed by atoms with Crippen LogP contribution < -0.4 is 0 Å². The molecule has 0 aliphatic heterocycles. The lowest BCUT2D eigenvalue weighted by Crippen LogP contribution is -1.99. The second-order valence-electron chi connectivity index (χ2n) is 1.34. The maximum absolute atomic E-state index is 2.00. The minimum atomic E-state index is 0. The highest BCUT2D eigenvalue weighted by Gasteiger charge is 1.58. The Morgan fingerprint density at radius 2 is 1.20 bits per heavy atom. The van der Waals surface area contributed by atoms with E-state index in [9.17, 15) is 0 Å². The van der Waals surface area contributed by atoms with Crippen molar-refractivity contribution in [2.75, 3.05) is 21.1 Å². The van der Waals surface area contributed by atoms with E-state index in [1.165, 1.54) is 0 Å². The summed E-state index contributed by atoms with van der Waals surface area (Å²) in [5.74, 6) is 0. The van der Waals surface area contributed by atoms with E-state index in [1.807, 2.05) is 26.0 Å². The van der Waals surface area contributed by atoms with Crippen LogP contribution in [-0.4, -0.2) is 43.4 Å². The number of hydrogen-bond acceptors (Lipinski definition) is 1. The van der Waals surface area contributed by atoms with Gasteiger partial charge in [0.05, 0.1) is 0 Å². The highest BCUT2D eigenvalue weighted by molar-refractivity contribution is 5.75. The molecule has 0 aliphatic carbocycles. The number of nitrogens with zero attached hydrogens (tertiary/aromatic N) is 1. The molecule has 0 spiro atoms. The lowest BCUT2D eigenvalue weighted by molar-refractivity contribution is 0.505. The summed E-state index contributed by atoms with van der Waals surface area (Å²) in [4.78, 5) is 2.00. The summed E-state index contributed by atoms with van der Waals surface area (Å²) in [6.07, 6.45) is 0. The first kappa shape index (κ1) is 9.09. The Balaban J connectivity index is -0.0000000450. The van der Waals surface area contributed by atoms with E-state index in [4.69, 9.17) is 0 Å². The van der Waals surface area contributed by atoms with Gasteiger partial charge in [0.1, 0.15) is 0 Å². The quantitative estimate of drug-likeness (QED) is 0.354. The highest BCUT2D eigenvalue weighted by atomic mass is 27.0. The van der Waals surface area contributed by atoms with Crippen molar-refractivity contribution in [3.63, 3.8) is 0 Å². The second-order valence-corrected chi connectivity index (χ2v) is 1.34. The van der Waals surface area contributed by atoms with Crippen LogP contribution >= 0.6 is 0 Å². The average Bonchev–Trinajstić information content (AvgIpc) is 0.811. The predicted octanol–water partition coefficient (Wildman–Crippen LogP) is -0.760. The Morgan fingerprint density at radius 1 is 1.20 bits per heavy atom. The average molecular weight is 91.1 g/mol. The molecular weight excluding hydrogens is 77.0 g/mol. The van der Waals surface area contributed by atoms with Crippen LogP contribution in [0.4, 0.5) is 0 Å². The lowest BCUT2D eigenvalue weighted by Gasteiger charge is -1.90. The largest absolute Gasteiger partial charge is 0.312 e. The molecule has 0 saturated heterocycles. The van der Waals surface area contributed by atoms with Crippen LogP contribution in [0.15, 0.2) is 0 Å².